The first-order valence-electron chi connectivity index (χ1n) is 11.9. The van der Waals surface area contributed by atoms with Gasteiger partial charge in [0.25, 0.3) is 5.89 Å². The Kier molecular flexibility index (Phi) is 8.06. The van der Waals surface area contributed by atoms with E-state index in [-0.39, 0.29) is 22.4 Å². The van der Waals surface area contributed by atoms with Gasteiger partial charge >= 0.3 is 5.00 Å². The summed E-state index contributed by atoms with van der Waals surface area (Å²) in [6.07, 6.45) is 1.36. The summed E-state index contributed by atoms with van der Waals surface area (Å²) in [7, 11) is -4.09. The molecular formula is C25H25N5O7S2. The number of fused-ring (bicyclic) bond motifs is 1. The number of hydrogen-bond donors (Lipinski definition) is 2. The second-order valence-corrected chi connectivity index (χ2v) is 12.0. The number of rotatable bonds is 13. The van der Waals surface area contributed by atoms with Crippen molar-refractivity contribution in [1.82, 2.24) is 9.97 Å². The highest BCUT2D eigenvalue weighted by Crippen LogP contribution is 2.36. The molecule has 4 aromatic rings. The summed E-state index contributed by atoms with van der Waals surface area (Å²) in [4.78, 5) is 45.9. The third-order valence-electron chi connectivity index (χ3n) is 6.11. The van der Waals surface area contributed by atoms with Crippen LogP contribution in [0.4, 0.5) is 10.1 Å². The maximum Gasteiger partial charge on any atom is 0.345 e. The number of primary amides is 1. The fraction of sp³-hybridized carbons (Fsp3) is 0.280. The van der Waals surface area contributed by atoms with Gasteiger partial charge < -0.3 is 15.5 Å². The number of para-hydroxylation sites is 2. The Morgan fingerprint density at radius 2 is 1.87 bits per heavy atom. The molecule has 1 unspecified atom stereocenters. The number of thiazole rings is 1. The van der Waals surface area contributed by atoms with Gasteiger partial charge in [-0.3, -0.25) is 19.7 Å². The molecule has 4 rings (SSSR count). The third kappa shape index (κ3) is 6.12. The molecule has 2 aromatic carbocycles. The Labute approximate surface area is 227 Å². The molecule has 39 heavy (non-hydrogen) atoms. The molecule has 2 atom stereocenters. The molecule has 14 heteroatoms. The van der Waals surface area contributed by atoms with Crippen LogP contribution < -0.4 is 11.1 Å². The predicted molar refractivity (Wildman–Crippen MR) is 145 cm³/mol. The lowest BCUT2D eigenvalue weighted by Gasteiger charge is -2.37. The zero-order valence-corrected chi connectivity index (χ0v) is 22.4. The smallest absolute Gasteiger partial charge is 0.345 e. The molecular weight excluding hydrogens is 546 g/mol. The van der Waals surface area contributed by atoms with Gasteiger partial charge in [-0.1, -0.05) is 55.8 Å². The van der Waals surface area contributed by atoms with E-state index in [2.05, 4.69) is 15.3 Å². The number of aromatic nitrogens is 2. The van der Waals surface area contributed by atoms with Gasteiger partial charge in [-0.15, -0.1) is 0 Å². The van der Waals surface area contributed by atoms with Gasteiger partial charge in [-0.05, 0) is 35.5 Å². The van der Waals surface area contributed by atoms with E-state index in [1.54, 1.807) is 61.5 Å². The highest BCUT2D eigenvalue weighted by molar-refractivity contribution is 7.90. The van der Waals surface area contributed by atoms with Gasteiger partial charge in [0.15, 0.2) is 20.6 Å². The molecule has 2 aromatic heterocycles. The lowest BCUT2D eigenvalue weighted by molar-refractivity contribution is -0.380. The van der Waals surface area contributed by atoms with E-state index in [1.165, 1.54) is 0 Å². The first-order chi connectivity index (χ1) is 18.5. The summed E-state index contributed by atoms with van der Waals surface area (Å²) in [5.74, 6) is -4.86. The maximum atomic E-state index is 13.9. The molecule has 2 heterocycles. The number of carbonyl (C=O) groups excluding carboxylic acids is 2. The monoisotopic (exact) mass is 571 g/mol. The average Bonchev–Trinajstić information content (AvgIpc) is 3.54. The highest BCUT2D eigenvalue weighted by Gasteiger charge is 2.52. The molecule has 0 aliphatic carbocycles. The van der Waals surface area contributed by atoms with Crippen LogP contribution in [-0.4, -0.2) is 46.3 Å². The minimum Gasteiger partial charge on any atom is -0.434 e. The Hall–Kier alpha value is -4.17. The van der Waals surface area contributed by atoms with Gasteiger partial charge in [0.05, 0.1) is 22.3 Å². The van der Waals surface area contributed by atoms with E-state index in [9.17, 15) is 28.1 Å². The number of benzene rings is 2. The van der Waals surface area contributed by atoms with Crippen molar-refractivity contribution in [2.24, 2.45) is 11.7 Å². The number of nitro groups is 1. The lowest BCUT2D eigenvalue weighted by atomic mass is 9.78. The van der Waals surface area contributed by atoms with Crippen LogP contribution >= 0.6 is 11.3 Å². The number of sulfone groups is 1. The van der Waals surface area contributed by atoms with Crippen LogP contribution in [0.25, 0.3) is 11.1 Å². The van der Waals surface area contributed by atoms with Crippen molar-refractivity contribution in [1.29, 1.82) is 0 Å². The standard InChI is InChI=1S/C25H25N5O7S2/c1-2-8-17(21(31)22-28-18-11-6-7-12-19(18)37-22)25(23(26)32,29-24-27-13-20(38-24)30(33)34)15-39(35,36)14-16-9-4-3-5-10-16/h3-7,9-13,17H,2,8,14-15H2,1H3,(H2,26,32)(H,27,29)/t17-,25?/m1/s1. The summed E-state index contributed by atoms with van der Waals surface area (Å²) < 4.78 is 32.7. The number of oxazole rings is 1. The predicted octanol–water partition coefficient (Wildman–Crippen LogP) is 3.74. The Bertz CT molecular complexity index is 1580. The van der Waals surface area contributed by atoms with Crippen LogP contribution in [0.15, 0.2) is 65.2 Å². The second-order valence-electron chi connectivity index (χ2n) is 8.93. The van der Waals surface area contributed by atoms with Crippen molar-refractivity contribution in [3.05, 3.63) is 82.4 Å². The van der Waals surface area contributed by atoms with Crippen molar-refractivity contribution in [3.8, 4) is 0 Å². The Balaban J connectivity index is 1.83. The van der Waals surface area contributed by atoms with Crippen LogP contribution in [0.2, 0.25) is 0 Å². The van der Waals surface area contributed by atoms with E-state index >= 15 is 0 Å². The molecule has 0 spiro atoms. The van der Waals surface area contributed by atoms with E-state index in [1.807, 2.05) is 0 Å². The number of ketones is 1. The van der Waals surface area contributed by atoms with Crippen LogP contribution in [-0.2, 0) is 20.4 Å². The number of Topliss-reactive ketones (excluding diaryl/α,β-unsaturated/α-hetero) is 1. The number of amides is 1. The molecule has 0 radical (unpaired) electrons. The lowest BCUT2D eigenvalue weighted by Crippen LogP contribution is -2.62. The van der Waals surface area contributed by atoms with Crippen LogP contribution in [0.3, 0.4) is 0 Å². The van der Waals surface area contributed by atoms with Crippen molar-refractivity contribution in [2.75, 3.05) is 11.1 Å². The minimum absolute atomic E-state index is 0.0296. The van der Waals surface area contributed by atoms with E-state index in [4.69, 9.17) is 10.2 Å². The quantitative estimate of drug-likeness (QED) is 0.136. The van der Waals surface area contributed by atoms with Crippen molar-refractivity contribution >= 4 is 54.1 Å². The summed E-state index contributed by atoms with van der Waals surface area (Å²) in [6, 6.07) is 15.0. The largest absolute Gasteiger partial charge is 0.434 e. The molecule has 0 aliphatic rings. The third-order valence-corrected chi connectivity index (χ3v) is 8.65. The zero-order valence-electron chi connectivity index (χ0n) is 20.8. The van der Waals surface area contributed by atoms with Crippen LogP contribution in [0, 0.1) is 16.0 Å². The second kappa shape index (κ2) is 11.3. The Morgan fingerprint density at radius 1 is 1.18 bits per heavy atom. The van der Waals surface area contributed by atoms with E-state index in [0.717, 1.165) is 6.20 Å². The number of nitrogens with zero attached hydrogens (tertiary/aromatic N) is 3. The topological polar surface area (TPSA) is 188 Å². The fourth-order valence-corrected chi connectivity index (χ4v) is 7.00. The summed E-state index contributed by atoms with van der Waals surface area (Å²) in [5, 5.41) is 13.5. The molecule has 204 valence electrons. The number of carbonyl (C=O) groups is 2. The Morgan fingerprint density at radius 3 is 2.49 bits per heavy atom. The molecule has 0 aliphatic heterocycles. The number of anilines is 1. The summed E-state index contributed by atoms with van der Waals surface area (Å²) in [6.45, 7) is 1.75. The fourth-order valence-electron chi connectivity index (χ4n) is 4.37. The number of nitrogens with two attached hydrogens (primary N) is 1. The number of nitrogens with one attached hydrogen (secondary N) is 1. The van der Waals surface area contributed by atoms with Gasteiger partial charge in [-0.25, -0.2) is 18.4 Å². The molecule has 12 nitrogen and oxygen atoms in total. The summed E-state index contributed by atoms with van der Waals surface area (Å²) >= 11 is 0.588. The van der Waals surface area contributed by atoms with E-state index < -0.39 is 49.4 Å². The first kappa shape index (κ1) is 27.9. The SMILES string of the molecule is CCC[C@H](C(=O)c1nc2ccccc2o1)C(CS(=O)(=O)Cc1ccccc1)(Nc1ncc([N+](=O)[O-])s1)C(N)=O. The first-order valence-corrected chi connectivity index (χ1v) is 14.5. The highest BCUT2D eigenvalue weighted by atomic mass is 32.2. The molecule has 0 fully saturated rings. The average molecular weight is 572 g/mol. The maximum absolute atomic E-state index is 13.9. The number of hydrogen-bond acceptors (Lipinski definition) is 11. The van der Waals surface area contributed by atoms with Gasteiger partial charge in [-0.2, -0.15) is 0 Å². The molecule has 0 saturated carbocycles. The normalized spacial score (nSPS) is 14.0. The molecule has 0 bridgehead atoms. The van der Waals surface area contributed by atoms with Crippen LogP contribution in [0.5, 0.6) is 0 Å². The minimum atomic E-state index is -4.09. The van der Waals surface area contributed by atoms with Crippen molar-refractivity contribution in [3.63, 3.8) is 0 Å². The summed E-state index contributed by atoms with van der Waals surface area (Å²) in [5.41, 5.74) is 4.86. The van der Waals surface area contributed by atoms with Crippen molar-refractivity contribution in [2.45, 2.75) is 31.1 Å². The van der Waals surface area contributed by atoms with Gasteiger partial charge in [0.2, 0.25) is 11.7 Å². The van der Waals surface area contributed by atoms with Crippen molar-refractivity contribution < 1.29 is 27.3 Å². The molecule has 3 N–H and O–H groups in total. The zero-order chi connectivity index (χ0) is 28.2. The molecule has 0 saturated heterocycles. The van der Waals surface area contributed by atoms with Gasteiger partial charge in [0.1, 0.15) is 17.3 Å². The van der Waals surface area contributed by atoms with Crippen LogP contribution in [0.1, 0.15) is 36.0 Å². The van der Waals surface area contributed by atoms with Gasteiger partial charge in [0, 0.05) is 0 Å². The van der Waals surface area contributed by atoms with E-state index in [0.29, 0.717) is 34.4 Å². The molecule has 1 amide bonds.